The van der Waals surface area contributed by atoms with E-state index in [9.17, 15) is 13.2 Å². The third kappa shape index (κ3) is 4.78. The summed E-state index contributed by atoms with van der Waals surface area (Å²) in [6.07, 6.45) is 1.87. The molecule has 1 N–H and O–H groups in total. The van der Waals surface area contributed by atoms with Crippen LogP contribution in [-0.4, -0.2) is 37.8 Å². The Bertz CT molecular complexity index is 632. The van der Waals surface area contributed by atoms with Gasteiger partial charge in [0.1, 0.15) is 0 Å². The summed E-state index contributed by atoms with van der Waals surface area (Å²) in [5.41, 5.74) is 1.27. The van der Waals surface area contributed by atoms with E-state index in [-0.39, 0.29) is 17.7 Å². The minimum Gasteiger partial charge on any atom is -0.349 e. The molecule has 6 heteroatoms. The van der Waals surface area contributed by atoms with Crippen LogP contribution in [0.1, 0.15) is 49.5 Å². The molecular weight excluding hydrogens is 312 g/mol. The quantitative estimate of drug-likeness (QED) is 0.866. The number of benzene rings is 1. The number of sulfonamides is 1. The minimum absolute atomic E-state index is 0.00268. The van der Waals surface area contributed by atoms with Crippen molar-refractivity contribution in [3.63, 3.8) is 0 Å². The molecule has 1 aliphatic heterocycles. The summed E-state index contributed by atoms with van der Waals surface area (Å²) in [6.45, 7) is 7.32. The van der Waals surface area contributed by atoms with Gasteiger partial charge in [-0.3, -0.25) is 4.79 Å². The van der Waals surface area contributed by atoms with Gasteiger partial charge >= 0.3 is 0 Å². The molecule has 1 aliphatic rings. The van der Waals surface area contributed by atoms with Gasteiger partial charge in [-0.1, -0.05) is 26.0 Å². The van der Waals surface area contributed by atoms with Crippen molar-refractivity contribution in [2.24, 2.45) is 5.92 Å². The van der Waals surface area contributed by atoms with E-state index in [1.165, 1.54) is 0 Å². The van der Waals surface area contributed by atoms with Crippen LogP contribution in [0.4, 0.5) is 0 Å². The predicted octanol–water partition coefficient (Wildman–Crippen LogP) is 2.39. The number of nitrogens with one attached hydrogen (secondary N) is 1. The second-order valence-corrected chi connectivity index (χ2v) is 8.53. The van der Waals surface area contributed by atoms with Gasteiger partial charge in [0, 0.05) is 24.7 Å². The van der Waals surface area contributed by atoms with E-state index in [0.717, 1.165) is 12.8 Å². The van der Waals surface area contributed by atoms with Gasteiger partial charge in [-0.2, -0.15) is 0 Å². The normalized spacial score (nSPS) is 17.4. The lowest BCUT2D eigenvalue weighted by molar-refractivity contribution is 0.0930. The van der Waals surface area contributed by atoms with E-state index in [0.29, 0.717) is 30.1 Å². The lowest BCUT2D eigenvalue weighted by Crippen LogP contribution is -2.36. The van der Waals surface area contributed by atoms with Crippen LogP contribution in [0.15, 0.2) is 24.3 Å². The van der Waals surface area contributed by atoms with Crippen LogP contribution < -0.4 is 5.32 Å². The van der Waals surface area contributed by atoms with Gasteiger partial charge in [-0.05, 0) is 43.4 Å². The van der Waals surface area contributed by atoms with Gasteiger partial charge < -0.3 is 5.32 Å². The number of amides is 1. The average Bonchev–Trinajstić information content (AvgIpc) is 3.02. The van der Waals surface area contributed by atoms with Crippen molar-refractivity contribution in [2.45, 2.75) is 45.4 Å². The fourth-order valence-corrected chi connectivity index (χ4v) is 4.09. The highest BCUT2D eigenvalue weighted by Gasteiger charge is 2.25. The molecule has 0 bridgehead atoms. The molecule has 1 heterocycles. The van der Waals surface area contributed by atoms with Crippen molar-refractivity contribution in [1.82, 2.24) is 9.62 Å². The predicted molar refractivity (Wildman–Crippen MR) is 91.6 cm³/mol. The maximum Gasteiger partial charge on any atom is 0.251 e. The van der Waals surface area contributed by atoms with Gasteiger partial charge in [-0.15, -0.1) is 0 Å². The highest BCUT2D eigenvalue weighted by molar-refractivity contribution is 7.88. The Labute approximate surface area is 139 Å². The van der Waals surface area contributed by atoms with Crippen LogP contribution in [0.25, 0.3) is 0 Å². The summed E-state index contributed by atoms with van der Waals surface area (Å²) in [4.78, 5) is 12.1. The number of nitrogens with zero attached hydrogens (tertiary/aromatic N) is 1. The van der Waals surface area contributed by atoms with Crippen molar-refractivity contribution in [3.05, 3.63) is 35.4 Å². The second kappa shape index (κ2) is 7.45. The topological polar surface area (TPSA) is 66.5 Å². The first-order valence-electron chi connectivity index (χ1n) is 8.17. The zero-order valence-electron chi connectivity index (χ0n) is 14.1. The van der Waals surface area contributed by atoms with Gasteiger partial charge in [0.05, 0.1) is 5.75 Å². The van der Waals surface area contributed by atoms with Crippen LogP contribution in [0.3, 0.4) is 0 Å². The van der Waals surface area contributed by atoms with Gasteiger partial charge in [0.15, 0.2) is 0 Å². The average molecular weight is 338 g/mol. The molecule has 1 aromatic carbocycles. The molecular formula is C17H26N2O3S. The summed E-state index contributed by atoms with van der Waals surface area (Å²) in [7, 11) is -3.24. The standard InChI is InChI=1S/C17H26N2O3S/c1-13(2)14(3)18-17(20)16-8-6-15(7-9-16)12-23(21,22)19-10-4-5-11-19/h6-9,13-14H,4-5,10-12H2,1-3H3,(H,18,20). The maximum atomic E-state index is 12.3. The Hall–Kier alpha value is -1.40. The Morgan fingerprint density at radius 3 is 2.22 bits per heavy atom. The lowest BCUT2D eigenvalue weighted by atomic mass is 10.1. The third-order valence-electron chi connectivity index (χ3n) is 4.38. The van der Waals surface area contributed by atoms with Crippen molar-refractivity contribution >= 4 is 15.9 Å². The number of carbonyl (C=O) groups is 1. The van der Waals surface area contributed by atoms with Crippen LogP contribution in [0, 0.1) is 5.92 Å². The molecule has 23 heavy (non-hydrogen) atoms. The fourth-order valence-electron chi connectivity index (χ4n) is 2.48. The Morgan fingerprint density at radius 2 is 1.70 bits per heavy atom. The fraction of sp³-hybridized carbons (Fsp3) is 0.588. The van der Waals surface area contributed by atoms with Crippen molar-refractivity contribution in [3.8, 4) is 0 Å². The second-order valence-electron chi connectivity index (χ2n) is 6.57. The summed E-state index contributed by atoms with van der Waals surface area (Å²) in [5.74, 6) is 0.237. The van der Waals surface area contributed by atoms with E-state index < -0.39 is 10.0 Å². The van der Waals surface area contributed by atoms with Crippen LogP contribution >= 0.6 is 0 Å². The molecule has 1 aromatic rings. The number of rotatable bonds is 6. The SMILES string of the molecule is CC(C)C(C)NC(=O)c1ccc(CS(=O)(=O)N2CCCC2)cc1. The third-order valence-corrected chi connectivity index (χ3v) is 6.23. The molecule has 1 unspecified atom stereocenters. The highest BCUT2D eigenvalue weighted by atomic mass is 32.2. The highest BCUT2D eigenvalue weighted by Crippen LogP contribution is 2.17. The van der Waals surface area contributed by atoms with Crippen LogP contribution in [0.2, 0.25) is 0 Å². The van der Waals surface area contributed by atoms with Crippen molar-refractivity contribution < 1.29 is 13.2 Å². The first-order chi connectivity index (χ1) is 10.8. The largest absolute Gasteiger partial charge is 0.349 e. The summed E-state index contributed by atoms with van der Waals surface area (Å²) in [6, 6.07) is 6.93. The molecule has 0 radical (unpaired) electrons. The number of carbonyl (C=O) groups excluding carboxylic acids is 1. The number of hydrogen-bond acceptors (Lipinski definition) is 3. The first kappa shape index (κ1) is 17.9. The molecule has 128 valence electrons. The summed E-state index contributed by atoms with van der Waals surface area (Å²) < 4.78 is 26.1. The van der Waals surface area contributed by atoms with Gasteiger partial charge in [-0.25, -0.2) is 12.7 Å². The molecule has 1 fully saturated rings. The Morgan fingerprint density at radius 1 is 1.13 bits per heavy atom. The maximum absolute atomic E-state index is 12.3. The molecule has 5 nitrogen and oxygen atoms in total. The monoisotopic (exact) mass is 338 g/mol. The minimum atomic E-state index is -3.24. The van der Waals surface area contributed by atoms with Gasteiger partial charge in [0.25, 0.3) is 5.91 Å². The van der Waals surface area contributed by atoms with Crippen molar-refractivity contribution in [2.75, 3.05) is 13.1 Å². The molecule has 1 saturated heterocycles. The smallest absolute Gasteiger partial charge is 0.251 e. The van der Waals surface area contributed by atoms with Crippen molar-refractivity contribution in [1.29, 1.82) is 0 Å². The molecule has 1 amide bonds. The number of hydrogen-bond donors (Lipinski definition) is 1. The van der Waals surface area contributed by atoms with E-state index in [4.69, 9.17) is 0 Å². The Kier molecular flexibility index (Phi) is 5.81. The summed E-state index contributed by atoms with van der Waals surface area (Å²) >= 11 is 0. The zero-order chi connectivity index (χ0) is 17.0. The van der Waals surface area contributed by atoms with E-state index >= 15 is 0 Å². The summed E-state index contributed by atoms with van der Waals surface area (Å²) in [5, 5.41) is 2.94. The molecule has 0 aromatic heterocycles. The van der Waals surface area contributed by atoms with Gasteiger partial charge in [0.2, 0.25) is 10.0 Å². The molecule has 0 spiro atoms. The lowest BCUT2D eigenvalue weighted by Gasteiger charge is -2.18. The molecule has 0 saturated carbocycles. The zero-order valence-corrected chi connectivity index (χ0v) is 14.9. The molecule has 1 atom stereocenters. The molecule has 2 rings (SSSR count). The van der Waals surface area contributed by atoms with Crippen LogP contribution in [-0.2, 0) is 15.8 Å². The Balaban J connectivity index is 2.00. The van der Waals surface area contributed by atoms with E-state index in [1.54, 1.807) is 28.6 Å². The van der Waals surface area contributed by atoms with E-state index in [1.807, 2.05) is 6.92 Å². The van der Waals surface area contributed by atoms with E-state index in [2.05, 4.69) is 19.2 Å². The van der Waals surface area contributed by atoms with Crippen LogP contribution in [0.5, 0.6) is 0 Å². The first-order valence-corrected chi connectivity index (χ1v) is 9.78. The molecule has 0 aliphatic carbocycles.